The van der Waals surface area contributed by atoms with Crippen molar-refractivity contribution < 1.29 is 22.7 Å². The summed E-state index contributed by atoms with van der Waals surface area (Å²) in [6.07, 6.45) is 2.87. The predicted octanol–water partition coefficient (Wildman–Crippen LogP) is 3.99. The molecule has 1 aliphatic heterocycles. The van der Waals surface area contributed by atoms with E-state index in [1.54, 1.807) is 30.5 Å². The first-order valence-electron chi connectivity index (χ1n) is 11.5. The molecule has 0 spiro atoms. The topological polar surface area (TPSA) is 169 Å². The molecule has 6 rings (SSSR count). The Hall–Kier alpha value is -4.39. The van der Waals surface area contributed by atoms with Crippen LogP contribution in [-0.2, 0) is 20.4 Å². The van der Waals surface area contributed by atoms with Gasteiger partial charge in [0.1, 0.15) is 17.6 Å². The zero-order valence-corrected chi connectivity index (χ0v) is 22.9. The quantitative estimate of drug-likeness (QED) is 0.224. The number of aromatic amines is 1. The minimum atomic E-state index is -3.62. The molecule has 14 heteroatoms. The maximum absolute atomic E-state index is 12.4. The SMILES string of the molecule is Cl.Nc1c[nH]c2c(C(=O)NCc3ccc4c(c3)NC(=O)CO4)ncnc12.O=S(=O)(Cl)c1ccc2ccccc2c1. The van der Waals surface area contributed by atoms with Gasteiger partial charge in [-0.2, -0.15) is 0 Å². The van der Waals surface area contributed by atoms with Crippen molar-refractivity contribution in [3.05, 3.63) is 84.4 Å². The molecule has 0 radical (unpaired) electrons. The molecule has 1 aliphatic rings. The van der Waals surface area contributed by atoms with Crippen LogP contribution in [0.1, 0.15) is 16.1 Å². The summed E-state index contributed by atoms with van der Waals surface area (Å²) in [5.74, 6) is 0.0442. The number of carbonyl (C=O) groups excluding carboxylic acids is 2. The number of anilines is 2. The van der Waals surface area contributed by atoms with Crippen molar-refractivity contribution in [1.29, 1.82) is 0 Å². The molecule has 0 saturated heterocycles. The van der Waals surface area contributed by atoms with Gasteiger partial charge in [-0.1, -0.05) is 36.4 Å². The number of halogens is 2. The van der Waals surface area contributed by atoms with Crippen molar-refractivity contribution >= 4 is 77.1 Å². The van der Waals surface area contributed by atoms with Crippen molar-refractivity contribution in [1.82, 2.24) is 20.3 Å². The summed E-state index contributed by atoms with van der Waals surface area (Å²) < 4.78 is 27.4. The average molecular weight is 601 g/mol. The number of nitrogens with zero attached hydrogens (tertiary/aromatic N) is 2. The van der Waals surface area contributed by atoms with Gasteiger partial charge in [-0.3, -0.25) is 9.59 Å². The Kier molecular flexibility index (Phi) is 8.43. The number of benzene rings is 3. The monoisotopic (exact) mass is 600 g/mol. The number of rotatable bonds is 4. The summed E-state index contributed by atoms with van der Waals surface area (Å²) >= 11 is 0. The Balaban J connectivity index is 0.000000210. The zero-order valence-electron chi connectivity index (χ0n) is 20.5. The van der Waals surface area contributed by atoms with Crippen LogP contribution in [0, 0.1) is 0 Å². The highest BCUT2D eigenvalue weighted by Gasteiger charge is 2.18. The van der Waals surface area contributed by atoms with Crippen LogP contribution in [-0.4, -0.2) is 41.8 Å². The average Bonchev–Trinajstić information content (AvgIpc) is 3.31. The summed E-state index contributed by atoms with van der Waals surface area (Å²) in [5, 5.41) is 7.39. The molecule has 2 amide bonds. The van der Waals surface area contributed by atoms with Crippen LogP contribution in [0.15, 0.2) is 78.1 Å². The number of hydrogen-bond acceptors (Lipinski definition) is 8. The van der Waals surface area contributed by atoms with Gasteiger partial charge in [-0.05, 0) is 40.6 Å². The smallest absolute Gasteiger partial charge is 0.272 e. The van der Waals surface area contributed by atoms with Crippen LogP contribution in [0.2, 0.25) is 0 Å². The highest BCUT2D eigenvalue weighted by Crippen LogP contribution is 2.28. The molecule has 0 bridgehead atoms. The van der Waals surface area contributed by atoms with E-state index in [2.05, 4.69) is 25.6 Å². The fraction of sp³-hybridized carbons (Fsp3) is 0.0769. The van der Waals surface area contributed by atoms with E-state index >= 15 is 0 Å². The Morgan fingerprint density at radius 1 is 1.07 bits per heavy atom. The van der Waals surface area contributed by atoms with Gasteiger partial charge in [0.05, 0.1) is 21.8 Å². The third-order valence-electron chi connectivity index (χ3n) is 5.84. The molecule has 206 valence electrons. The maximum atomic E-state index is 12.4. The van der Waals surface area contributed by atoms with E-state index in [0.29, 0.717) is 28.2 Å². The second-order valence-corrected chi connectivity index (χ2v) is 11.1. The summed E-state index contributed by atoms with van der Waals surface area (Å²) in [6, 6.07) is 17.7. The standard InChI is InChI=1S/C16H14N6O3.C10H7ClO2S.ClH/c17-9-5-18-14-13(9)20-7-21-15(14)16(24)19-4-8-1-2-11-10(3-8)22-12(23)6-25-11;11-14(12,13)10-6-5-8-3-1-2-4-9(8)7-10;/h1-3,5,7,18H,4,6,17H2,(H,19,24)(H,22,23);1-7H;1H. The first-order valence-corrected chi connectivity index (χ1v) is 13.8. The summed E-state index contributed by atoms with van der Waals surface area (Å²) in [4.78, 5) is 34.9. The number of nitrogen functional groups attached to an aromatic ring is 1. The number of aromatic nitrogens is 3. The summed E-state index contributed by atoms with van der Waals surface area (Å²) in [7, 11) is 1.61. The van der Waals surface area contributed by atoms with Crippen LogP contribution in [0.5, 0.6) is 5.75 Å². The van der Waals surface area contributed by atoms with Crippen LogP contribution in [0.25, 0.3) is 21.8 Å². The van der Waals surface area contributed by atoms with E-state index in [1.165, 1.54) is 12.4 Å². The van der Waals surface area contributed by atoms with Gasteiger partial charge >= 0.3 is 0 Å². The number of fused-ring (bicyclic) bond motifs is 3. The molecule has 40 heavy (non-hydrogen) atoms. The number of nitrogens with two attached hydrogens (primary N) is 1. The minimum Gasteiger partial charge on any atom is -0.482 e. The lowest BCUT2D eigenvalue weighted by molar-refractivity contribution is -0.118. The molecule has 5 N–H and O–H groups in total. The van der Waals surface area contributed by atoms with E-state index < -0.39 is 9.05 Å². The van der Waals surface area contributed by atoms with Gasteiger partial charge in [0.15, 0.2) is 12.3 Å². The third kappa shape index (κ3) is 6.25. The largest absolute Gasteiger partial charge is 0.482 e. The Labute approximate surface area is 238 Å². The fourth-order valence-electron chi connectivity index (χ4n) is 3.96. The van der Waals surface area contributed by atoms with Crippen LogP contribution < -0.4 is 21.1 Å². The lowest BCUT2D eigenvalue weighted by atomic mass is 10.1. The summed E-state index contributed by atoms with van der Waals surface area (Å²) in [6.45, 7) is 0.274. The minimum absolute atomic E-state index is 0. The van der Waals surface area contributed by atoms with Crippen molar-refractivity contribution in [2.75, 3.05) is 17.7 Å². The predicted molar refractivity (Wildman–Crippen MR) is 154 cm³/mol. The van der Waals surface area contributed by atoms with Crippen molar-refractivity contribution in [2.24, 2.45) is 0 Å². The Morgan fingerprint density at radius 2 is 1.85 bits per heavy atom. The summed E-state index contributed by atoms with van der Waals surface area (Å²) in [5.41, 5.74) is 8.86. The van der Waals surface area contributed by atoms with Crippen LogP contribution in [0.3, 0.4) is 0 Å². The molecule has 0 atom stereocenters. The Morgan fingerprint density at radius 3 is 2.62 bits per heavy atom. The number of H-pyrrole nitrogens is 1. The lowest BCUT2D eigenvalue weighted by Gasteiger charge is -2.18. The number of nitrogens with one attached hydrogen (secondary N) is 3. The molecule has 0 fully saturated rings. The second kappa shape index (κ2) is 11.8. The molecule has 0 aliphatic carbocycles. The van der Waals surface area contributed by atoms with Gasteiger partial charge in [0, 0.05) is 23.4 Å². The van der Waals surface area contributed by atoms with Crippen LogP contribution >= 0.6 is 23.1 Å². The molecule has 2 aromatic heterocycles. The molecule has 0 unspecified atom stereocenters. The maximum Gasteiger partial charge on any atom is 0.272 e. The van der Waals surface area contributed by atoms with Crippen molar-refractivity contribution in [3.63, 3.8) is 0 Å². The van der Waals surface area contributed by atoms with Crippen molar-refractivity contribution in [2.45, 2.75) is 11.4 Å². The zero-order chi connectivity index (χ0) is 27.6. The van der Waals surface area contributed by atoms with Gasteiger partial charge in [-0.25, -0.2) is 18.4 Å². The third-order valence-corrected chi connectivity index (χ3v) is 7.19. The van der Waals surface area contributed by atoms with E-state index in [-0.39, 0.29) is 48.0 Å². The van der Waals surface area contributed by atoms with E-state index in [4.69, 9.17) is 21.2 Å². The molecular weight excluding hydrogens is 579 g/mol. The van der Waals surface area contributed by atoms with Gasteiger partial charge in [0.2, 0.25) is 0 Å². The first kappa shape index (κ1) is 28.6. The highest BCUT2D eigenvalue weighted by molar-refractivity contribution is 8.13. The molecule has 3 aromatic carbocycles. The van der Waals surface area contributed by atoms with Crippen molar-refractivity contribution in [3.8, 4) is 5.75 Å². The van der Waals surface area contributed by atoms with Crippen LogP contribution in [0.4, 0.5) is 11.4 Å². The first-order chi connectivity index (χ1) is 18.7. The molecule has 0 saturated carbocycles. The number of carbonyl (C=O) groups is 2. The fourth-order valence-corrected chi connectivity index (χ4v) is 4.74. The van der Waals surface area contributed by atoms with E-state index in [0.717, 1.165) is 16.3 Å². The van der Waals surface area contributed by atoms with Gasteiger partial charge < -0.3 is 26.1 Å². The molecule has 5 aromatic rings. The molecule has 11 nitrogen and oxygen atoms in total. The number of ether oxygens (including phenoxy) is 1. The highest BCUT2D eigenvalue weighted by atomic mass is 35.7. The molecular formula is C26H22Cl2N6O5S. The second-order valence-electron chi connectivity index (χ2n) is 8.49. The van der Waals surface area contributed by atoms with E-state index in [9.17, 15) is 18.0 Å². The van der Waals surface area contributed by atoms with E-state index in [1.807, 2.05) is 30.3 Å². The molecule has 3 heterocycles. The lowest BCUT2D eigenvalue weighted by Crippen LogP contribution is -2.26. The Bertz CT molecular complexity index is 1840. The van der Waals surface area contributed by atoms with Gasteiger partial charge in [-0.15, -0.1) is 12.4 Å². The number of amides is 2. The number of hydrogen-bond donors (Lipinski definition) is 4. The normalized spacial score (nSPS) is 12.3. The van der Waals surface area contributed by atoms with Gasteiger partial charge in [0.25, 0.3) is 20.9 Å².